The topological polar surface area (TPSA) is 92.4 Å². The van der Waals surface area contributed by atoms with Crippen LogP contribution in [0.25, 0.3) is 0 Å². The summed E-state index contributed by atoms with van der Waals surface area (Å²) in [6, 6.07) is 10.3. The monoisotopic (exact) mass is 404 g/mol. The fraction of sp³-hybridized carbons (Fsp3) is 0.364. The van der Waals surface area contributed by atoms with Gasteiger partial charge in [-0.15, -0.1) is 0 Å². The Balaban J connectivity index is 1.74. The molecule has 0 bridgehead atoms. The average Bonchev–Trinajstić information content (AvgIpc) is 2.69. The maximum absolute atomic E-state index is 12.9. The van der Waals surface area contributed by atoms with Gasteiger partial charge in [0.15, 0.2) is 0 Å². The van der Waals surface area contributed by atoms with Crippen LogP contribution in [0, 0.1) is 11.6 Å². The van der Waals surface area contributed by atoms with Crippen LogP contribution in [-0.2, 0) is 22.4 Å². The molecule has 0 fully saturated rings. The van der Waals surface area contributed by atoms with Crippen molar-refractivity contribution in [2.24, 2.45) is 5.73 Å². The summed E-state index contributed by atoms with van der Waals surface area (Å²) >= 11 is 0. The number of hydrogen-bond acceptors (Lipinski definition) is 3. The van der Waals surface area contributed by atoms with Gasteiger partial charge in [-0.05, 0) is 73.9 Å². The first-order chi connectivity index (χ1) is 13.8. The van der Waals surface area contributed by atoms with Crippen molar-refractivity contribution in [2.75, 3.05) is 0 Å². The third kappa shape index (κ3) is 7.99. The molecule has 0 saturated carbocycles. The minimum Gasteiger partial charge on any atom is -0.480 e. The lowest BCUT2D eigenvalue weighted by atomic mass is 10.0. The van der Waals surface area contributed by atoms with Crippen LogP contribution in [0.4, 0.5) is 8.78 Å². The average molecular weight is 404 g/mol. The number of benzene rings is 2. The highest BCUT2D eigenvalue weighted by Gasteiger charge is 2.22. The van der Waals surface area contributed by atoms with Crippen LogP contribution in [0.1, 0.15) is 36.8 Å². The first-order valence-corrected chi connectivity index (χ1v) is 9.63. The van der Waals surface area contributed by atoms with Gasteiger partial charge in [-0.1, -0.05) is 24.3 Å². The standard InChI is InChI=1S/C22H26F2N2O3/c23-17-11-7-15(8-12-17)3-1-5-19(25)21(27)26-20(22(28)29)6-2-4-16-9-13-18(24)14-10-16/h7-14,19-20H,1-6,25H2,(H,26,27)(H,28,29). The SMILES string of the molecule is NC(CCCc1ccc(F)cc1)C(=O)NC(CCCc1ccc(F)cc1)C(=O)O. The van der Waals surface area contributed by atoms with Crippen molar-refractivity contribution in [3.05, 3.63) is 71.3 Å². The Morgan fingerprint density at radius 3 is 1.76 bits per heavy atom. The lowest BCUT2D eigenvalue weighted by Gasteiger charge is -2.18. The molecular formula is C22H26F2N2O3. The van der Waals surface area contributed by atoms with E-state index in [0.29, 0.717) is 32.1 Å². The molecule has 0 aliphatic carbocycles. The Labute approximate surface area is 168 Å². The van der Waals surface area contributed by atoms with Crippen molar-refractivity contribution in [1.82, 2.24) is 5.32 Å². The number of carbonyl (C=O) groups excluding carboxylic acids is 1. The zero-order valence-corrected chi connectivity index (χ0v) is 16.1. The molecule has 0 radical (unpaired) electrons. The van der Waals surface area contributed by atoms with Gasteiger partial charge >= 0.3 is 5.97 Å². The molecule has 29 heavy (non-hydrogen) atoms. The maximum atomic E-state index is 12.9. The zero-order chi connectivity index (χ0) is 21.2. The molecule has 0 saturated heterocycles. The Kier molecular flexibility index (Phi) is 8.73. The Morgan fingerprint density at radius 1 is 0.862 bits per heavy atom. The van der Waals surface area contributed by atoms with Gasteiger partial charge in [-0.25, -0.2) is 13.6 Å². The second-order valence-corrected chi connectivity index (χ2v) is 7.04. The summed E-state index contributed by atoms with van der Waals surface area (Å²) in [5, 5.41) is 11.8. The Hall–Kier alpha value is -2.80. The normalized spacial score (nSPS) is 12.9. The molecule has 0 spiro atoms. The second-order valence-electron chi connectivity index (χ2n) is 7.04. The number of hydrogen-bond donors (Lipinski definition) is 3. The van der Waals surface area contributed by atoms with E-state index in [4.69, 9.17) is 5.73 Å². The largest absolute Gasteiger partial charge is 0.480 e. The quantitative estimate of drug-likeness (QED) is 0.536. The van der Waals surface area contributed by atoms with E-state index < -0.39 is 24.0 Å². The van der Waals surface area contributed by atoms with Crippen LogP contribution >= 0.6 is 0 Å². The third-order valence-electron chi connectivity index (χ3n) is 4.72. The number of carboxylic acids is 1. The summed E-state index contributed by atoms with van der Waals surface area (Å²) in [6.45, 7) is 0. The zero-order valence-electron chi connectivity index (χ0n) is 16.1. The van der Waals surface area contributed by atoms with E-state index in [9.17, 15) is 23.5 Å². The summed E-state index contributed by atoms with van der Waals surface area (Å²) in [5.74, 6) is -2.24. The smallest absolute Gasteiger partial charge is 0.326 e. The number of nitrogens with two attached hydrogens (primary N) is 1. The minimum atomic E-state index is -1.11. The highest BCUT2D eigenvalue weighted by Crippen LogP contribution is 2.10. The van der Waals surface area contributed by atoms with Gasteiger partial charge in [-0.3, -0.25) is 4.79 Å². The predicted molar refractivity (Wildman–Crippen MR) is 106 cm³/mol. The van der Waals surface area contributed by atoms with Crippen LogP contribution in [0.3, 0.4) is 0 Å². The first-order valence-electron chi connectivity index (χ1n) is 9.63. The molecule has 0 aliphatic rings. The number of amides is 1. The van der Waals surface area contributed by atoms with Crippen molar-refractivity contribution in [1.29, 1.82) is 0 Å². The number of carboxylic acid groups (broad SMARTS) is 1. The number of rotatable bonds is 11. The summed E-state index contributed by atoms with van der Waals surface area (Å²) in [6.07, 6.45) is 3.04. The van der Waals surface area contributed by atoms with E-state index >= 15 is 0 Å². The molecule has 0 aromatic heterocycles. The second kappa shape index (κ2) is 11.3. The summed E-state index contributed by atoms with van der Waals surface area (Å²) in [5.41, 5.74) is 7.74. The molecule has 7 heteroatoms. The third-order valence-corrected chi connectivity index (χ3v) is 4.72. The number of aryl methyl sites for hydroxylation is 2. The Morgan fingerprint density at radius 2 is 1.31 bits per heavy atom. The molecule has 2 rings (SSSR count). The number of aliphatic carboxylic acids is 1. The van der Waals surface area contributed by atoms with Gasteiger partial charge in [0.1, 0.15) is 17.7 Å². The molecule has 156 valence electrons. The molecule has 2 aromatic carbocycles. The van der Waals surface area contributed by atoms with E-state index in [1.165, 1.54) is 24.3 Å². The minimum absolute atomic E-state index is 0.251. The molecule has 4 N–H and O–H groups in total. The van der Waals surface area contributed by atoms with Crippen LogP contribution in [0.2, 0.25) is 0 Å². The van der Waals surface area contributed by atoms with Gasteiger partial charge in [-0.2, -0.15) is 0 Å². The van der Waals surface area contributed by atoms with Crippen molar-refractivity contribution in [3.8, 4) is 0 Å². The molecule has 1 amide bonds. The number of halogens is 2. The first kappa shape index (κ1) is 22.5. The van der Waals surface area contributed by atoms with Gasteiger partial charge in [0.2, 0.25) is 5.91 Å². The van der Waals surface area contributed by atoms with Crippen molar-refractivity contribution in [3.63, 3.8) is 0 Å². The van der Waals surface area contributed by atoms with Crippen LogP contribution in [0.15, 0.2) is 48.5 Å². The fourth-order valence-corrected chi connectivity index (χ4v) is 3.01. The van der Waals surface area contributed by atoms with Crippen molar-refractivity contribution >= 4 is 11.9 Å². The fourth-order valence-electron chi connectivity index (χ4n) is 3.01. The van der Waals surface area contributed by atoms with Crippen molar-refractivity contribution < 1.29 is 23.5 Å². The van der Waals surface area contributed by atoms with Crippen molar-refractivity contribution in [2.45, 2.75) is 50.6 Å². The predicted octanol–water partition coefficient (Wildman–Crippen LogP) is 3.21. The summed E-state index contributed by atoms with van der Waals surface area (Å²) in [7, 11) is 0. The van der Waals surface area contributed by atoms with Gasteiger partial charge < -0.3 is 16.2 Å². The lowest BCUT2D eigenvalue weighted by Crippen LogP contribution is -2.48. The molecule has 2 atom stereocenters. The molecule has 2 unspecified atom stereocenters. The highest BCUT2D eigenvalue weighted by molar-refractivity contribution is 5.86. The van der Waals surface area contributed by atoms with E-state index in [2.05, 4.69) is 5.32 Å². The Bertz CT molecular complexity index is 795. The summed E-state index contributed by atoms with van der Waals surface area (Å²) < 4.78 is 25.8. The highest BCUT2D eigenvalue weighted by atomic mass is 19.1. The molecule has 0 heterocycles. The van der Waals surface area contributed by atoms with Gasteiger partial charge in [0.25, 0.3) is 0 Å². The van der Waals surface area contributed by atoms with E-state index in [1.54, 1.807) is 24.3 Å². The molecule has 0 aliphatic heterocycles. The van der Waals surface area contributed by atoms with Gasteiger partial charge in [0.05, 0.1) is 6.04 Å². The maximum Gasteiger partial charge on any atom is 0.326 e. The van der Waals surface area contributed by atoms with E-state index in [1.807, 2.05) is 0 Å². The van der Waals surface area contributed by atoms with Crippen LogP contribution in [-0.4, -0.2) is 29.1 Å². The lowest BCUT2D eigenvalue weighted by molar-refractivity contribution is -0.142. The number of nitrogens with one attached hydrogen (secondary N) is 1. The van der Waals surface area contributed by atoms with Crippen LogP contribution in [0.5, 0.6) is 0 Å². The molecule has 2 aromatic rings. The van der Waals surface area contributed by atoms with Gasteiger partial charge in [0, 0.05) is 0 Å². The molecule has 5 nitrogen and oxygen atoms in total. The summed E-state index contributed by atoms with van der Waals surface area (Å²) in [4.78, 5) is 23.7. The molecular weight excluding hydrogens is 378 g/mol. The number of carbonyl (C=O) groups is 2. The van der Waals surface area contributed by atoms with Crippen LogP contribution < -0.4 is 11.1 Å². The van der Waals surface area contributed by atoms with E-state index in [-0.39, 0.29) is 18.1 Å². The van der Waals surface area contributed by atoms with E-state index in [0.717, 1.165) is 11.1 Å².